The maximum absolute atomic E-state index is 12.1. The first-order valence-electron chi connectivity index (χ1n) is 5.97. The van der Waals surface area contributed by atoms with Crippen LogP contribution < -0.4 is 5.32 Å². The van der Waals surface area contributed by atoms with Gasteiger partial charge in [-0.25, -0.2) is 0 Å². The summed E-state index contributed by atoms with van der Waals surface area (Å²) in [5.41, 5.74) is 0. The lowest BCUT2D eigenvalue weighted by atomic mass is 10.1. The average molecular weight is 225 g/mol. The summed E-state index contributed by atoms with van der Waals surface area (Å²) in [5.74, 6) is 0.264. The zero-order valence-electron chi connectivity index (χ0n) is 9.74. The zero-order valence-corrected chi connectivity index (χ0v) is 9.74. The molecule has 0 aromatic carbocycles. The van der Waals surface area contributed by atoms with Gasteiger partial charge in [-0.15, -0.1) is 0 Å². The Morgan fingerprint density at radius 1 is 1.44 bits per heavy atom. The van der Waals surface area contributed by atoms with E-state index in [4.69, 9.17) is 0 Å². The fraction of sp³-hybridized carbons (Fsp3) is 0.818. The second-order valence-electron chi connectivity index (χ2n) is 4.46. The van der Waals surface area contributed by atoms with Crippen molar-refractivity contribution in [3.63, 3.8) is 0 Å². The number of piperazine rings is 1. The Hall–Kier alpha value is -1.10. The SMILES string of the molecule is CNCCCN1CC(=O)N2CCCC2C1=O. The van der Waals surface area contributed by atoms with Gasteiger partial charge in [0.2, 0.25) is 11.8 Å². The van der Waals surface area contributed by atoms with E-state index < -0.39 is 0 Å². The summed E-state index contributed by atoms with van der Waals surface area (Å²) in [6, 6.07) is -0.157. The molecule has 2 saturated heterocycles. The Kier molecular flexibility index (Phi) is 3.43. The second kappa shape index (κ2) is 4.82. The summed E-state index contributed by atoms with van der Waals surface area (Å²) in [4.78, 5) is 27.3. The zero-order chi connectivity index (χ0) is 11.5. The molecule has 1 N–H and O–H groups in total. The van der Waals surface area contributed by atoms with Gasteiger partial charge in [-0.1, -0.05) is 0 Å². The van der Waals surface area contributed by atoms with Gasteiger partial charge in [-0.2, -0.15) is 0 Å². The van der Waals surface area contributed by atoms with Crippen molar-refractivity contribution in [1.82, 2.24) is 15.1 Å². The fourth-order valence-corrected chi connectivity index (χ4v) is 2.50. The molecular formula is C11H19N3O2. The van der Waals surface area contributed by atoms with E-state index >= 15 is 0 Å². The normalized spacial score (nSPS) is 25.2. The molecule has 0 bridgehead atoms. The van der Waals surface area contributed by atoms with E-state index in [1.807, 2.05) is 7.05 Å². The Bertz CT molecular complexity index is 293. The predicted octanol–water partition coefficient (Wildman–Crippen LogP) is -0.571. The first-order valence-corrected chi connectivity index (χ1v) is 5.97. The molecule has 0 aromatic rings. The maximum atomic E-state index is 12.1. The molecular weight excluding hydrogens is 206 g/mol. The Morgan fingerprint density at radius 2 is 2.25 bits per heavy atom. The third kappa shape index (κ3) is 2.04. The van der Waals surface area contributed by atoms with Crippen molar-refractivity contribution in [2.45, 2.75) is 25.3 Å². The van der Waals surface area contributed by atoms with Crippen LogP contribution in [0.5, 0.6) is 0 Å². The predicted molar refractivity (Wildman–Crippen MR) is 59.9 cm³/mol. The summed E-state index contributed by atoms with van der Waals surface area (Å²) >= 11 is 0. The molecule has 0 aromatic heterocycles. The quantitative estimate of drug-likeness (QED) is 0.652. The molecule has 2 heterocycles. The van der Waals surface area contributed by atoms with Gasteiger partial charge in [0, 0.05) is 13.1 Å². The number of nitrogens with zero attached hydrogens (tertiary/aromatic N) is 2. The average Bonchev–Trinajstić information content (AvgIpc) is 2.75. The van der Waals surface area contributed by atoms with E-state index in [2.05, 4.69) is 5.32 Å². The van der Waals surface area contributed by atoms with Crippen molar-refractivity contribution in [2.75, 3.05) is 33.2 Å². The molecule has 2 aliphatic rings. The molecule has 5 nitrogen and oxygen atoms in total. The topological polar surface area (TPSA) is 52.7 Å². The third-order valence-electron chi connectivity index (χ3n) is 3.35. The van der Waals surface area contributed by atoms with Gasteiger partial charge in [0.1, 0.15) is 6.04 Å². The number of hydrogen-bond donors (Lipinski definition) is 1. The third-order valence-corrected chi connectivity index (χ3v) is 3.35. The van der Waals surface area contributed by atoms with E-state index in [9.17, 15) is 9.59 Å². The lowest BCUT2D eigenvalue weighted by molar-refractivity contribution is -0.153. The Balaban J connectivity index is 1.94. The van der Waals surface area contributed by atoms with E-state index in [0.29, 0.717) is 6.54 Å². The largest absolute Gasteiger partial charge is 0.332 e. The molecule has 2 amide bonds. The summed E-state index contributed by atoms with van der Waals surface area (Å²) in [5, 5.41) is 3.05. The van der Waals surface area contributed by atoms with E-state index in [-0.39, 0.29) is 24.4 Å². The lowest BCUT2D eigenvalue weighted by Gasteiger charge is -2.36. The van der Waals surface area contributed by atoms with Gasteiger partial charge in [-0.3, -0.25) is 9.59 Å². The van der Waals surface area contributed by atoms with Gasteiger partial charge in [0.25, 0.3) is 0 Å². The molecule has 90 valence electrons. The Labute approximate surface area is 95.8 Å². The first-order chi connectivity index (χ1) is 7.74. The minimum absolute atomic E-state index is 0.117. The minimum atomic E-state index is -0.157. The standard InChI is InChI=1S/C11H19N3O2/c1-12-5-3-6-13-8-10(15)14-7-2-4-9(14)11(13)16/h9,12H,2-8H2,1H3. The molecule has 0 spiro atoms. The molecule has 2 aliphatic heterocycles. The van der Waals surface area contributed by atoms with Crippen molar-refractivity contribution in [3.8, 4) is 0 Å². The van der Waals surface area contributed by atoms with E-state index in [1.165, 1.54) is 0 Å². The van der Waals surface area contributed by atoms with Crippen LogP contribution in [0.2, 0.25) is 0 Å². The van der Waals surface area contributed by atoms with Crippen LogP contribution in [-0.2, 0) is 9.59 Å². The van der Waals surface area contributed by atoms with Gasteiger partial charge >= 0.3 is 0 Å². The summed E-state index contributed by atoms with van der Waals surface area (Å²) < 4.78 is 0. The lowest BCUT2D eigenvalue weighted by Crippen LogP contribution is -2.57. The summed E-state index contributed by atoms with van der Waals surface area (Å²) in [6.07, 6.45) is 2.71. The fourth-order valence-electron chi connectivity index (χ4n) is 2.50. The van der Waals surface area contributed by atoms with Crippen molar-refractivity contribution < 1.29 is 9.59 Å². The molecule has 1 unspecified atom stereocenters. The van der Waals surface area contributed by atoms with Crippen molar-refractivity contribution in [2.24, 2.45) is 0 Å². The minimum Gasteiger partial charge on any atom is -0.332 e. The highest BCUT2D eigenvalue weighted by Gasteiger charge is 2.41. The van der Waals surface area contributed by atoms with Crippen molar-refractivity contribution >= 4 is 11.8 Å². The van der Waals surface area contributed by atoms with Crippen LogP contribution in [0.1, 0.15) is 19.3 Å². The molecule has 16 heavy (non-hydrogen) atoms. The highest BCUT2D eigenvalue weighted by molar-refractivity contribution is 5.95. The van der Waals surface area contributed by atoms with Crippen molar-refractivity contribution in [1.29, 1.82) is 0 Å². The first kappa shape index (κ1) is 11.4. The highest BCUT2D eigenvalue weighted by Crippen LogP contribution is 2.23. The number of fused-ring (bicyclic) bond motifs is 1. The monoisotopic (exact) mass is 225 g/mol. The van der Waals surface area contributed by atoms with Crippen molar-refractivity contribution in [3.05, 3.63) is 0 Å². The number of rotatable bonds is 4. The number of carbonyl (C=O) groups excluding carboxylic acids is 2. The molecule has 0 radical (unpaired) electrons. The van der Waals surface area contributed by atoms with E-state index in [0.717, 1.165) is 32.4 Å². The van der Waals surface area contributed by atoms with Crippen LogP contribution in [0, 0.1) is 0 Å². The molecule has 0 aliphatic carbocycles. The number of carbonyl (C=O) groups is 2. The van der Waals surface area contributed by atoms with Gasteiger partial charge in [-0.05, 0) is 32.9 Å². The van der Waals surface area contributed by atoms with E-state index in [1.54, 1.807) is 9.80 Å². The van der Waals surface area contributed by atoms with Crippen LogP contribution in [0.15, 0.2) is 0 Å². The molecule has 5 heteroatoms. The van der Waals surface area contributed by atoms with Crippen LogP contribution in [0.25, 0.3) is 0 Å². The number of hydrogen-bond acceptors (Lipinski definition) is 3. The maximum Gasteiger partial charge on any atom is 0.245 e. The smallest absolute Gasteiger partial charge is 0.245 e. The molecule has 2 rings (SSSR count). The van der Waals surface area contributed by atoms with Crippen LogP contribution in [0.3, 0.4) is 0 Å². The second-order valence-corrected chi connectivity index (χ2v) is 4.46. The van der Waals surface area contributed by atoms with Crippen LogP contribution in [0.4, 0.5) is 0 Å². The van der Waals surface area contributed by atoms with Gasteiger partial charge in [0.15, 0.2) is 0 Å². The van der Waals surface area contributed by atoms with Crippen LogP contribution in [-0.4, -0.2) is 60.9 Å². The van der Waals surface area contributed by atoms with Gasteiger partial charge in [0.05, 0.1) is 6.54 Å². The summed E-state index contributed by atoms with van der Waals surface area (Å²) in [7, 11) is 1.89. The molecule has 0 saturated carbocycles. The molecule has 2 fully saturated rings. The number of nitrogens with one attached hydrogen (secondary N) is 1. The summed E-state index contributed by atoms with van der Waals surface area (Å²) in [6.45, 7) is 2.61. The number of amides is 2. The van der Waals surface area contributed by atoms with Gasteiger partial charge < -0.3 is 15.1 Å². The Morgan fingerprint density at radius 3 is 3.00 bits per heavy atom. The van der Waals surface area contributed by atoms with Crippen LogP contribution >= 0.6 is 0 Å². The highest BCUT2D eigenvalue weighted by atomic mass is 16.2. The molecule has 1 atom stereocenters.